The Bertz CT molecular complexity index is 1150. The Labute approximate surface area is 166 Å². The molecule has 7 heteroatoms. The van der Waals surface area contributed by atoms with E-state index in [9.17, 15) is 4.39 Å². The van der Waals surface area contributed by atoms with E-state index in [1.54, 1.807) is 12.3 Å². The maximum absolute atomic E-state index is 14.2. The zero-order valence-electron chi connectivity index (χ0n) is 15.0. The second kappa shape index (κ2) is 7.40. The number of nitrogens with one attached hydrogen (secondary N) is 1. The van der Waals surface area contributed by atoms with Crippen LogP contribution < -0.4 is 11.1 Å². The van der Waals surface area contributed by atoms with Gasteiger partial charge in [-0.05, 0) is 30.2 Å². The first-order chi connectivity index (χ1) is 13.5. The molecule has 0 saturated carbocycles. The van der Waals surface area contributed by atoms with Crippen molar-refractivity contribution < 1.29 is 4.39 Å². The van der Waals surface area contributed by atoms with Gasteiger partial charge < -0.3 is 11.1 Å². The Morgan fingerprint density at radius 2 is 1.86 bits per heavy atom. The van der Waals surface area contributed by atoms with Gasteiger partial charge in [-0.15, -0.1) is 0 Å². The molecule has 2 aromatic carbocycles. The topological polar surface area (TPSA) is 76.7 Å². The third kappa shape index (κ3) is 3.46. The quantitative estimate of drug-likeness (QED) is 0.495. The molecule has 2 heterocycles. The zero-order chi connectivity index (χ0) is 19.7. The average molecular weight is 394 g/mol. The maximum Gasteiger partial charge on any atom is 0.131 e. The van der Waals surface area contributed by atoms with Crippen LogP contribution in [0.1, 0.15) is 18.5 Å². The average Bonchev–Trinajstić information content (AvgIpc) is 2.67. The number of anilines is 2. The van der Waals surface area contributed by atoms with E-state index in [4.69, 9.17) is 17.3 Å². The van der Waals surface area contributed by atoms with Gasteiger partial charge in [0.05, 0.1) is 16.6 Å². The highest BCUT2D eigenvalue weighted by Crippen LogP contribution is 2.37. The lowest BCUT2D eigenvalue weighted by Crippen LogP contribution is -2.11. The van der Waals surface area contributed by atoms with Crippen LogP contribution in [-0.4, -0.2) is 15.0 Å². The van der Waals surface area contributed by atoms with Crippen molar-refractivity contribution in [1.82, 2.24) is 15.0 Å². The fraction of sp³-hybridized carbons (Fsp3) is 0.0952. The van der Waals surface area contributed by atoms with Crippen LogP contribution in [0.3, 0.4) is 0 Å². The minimum atomic E-state index is -0.405. The SMILES string of the molecule is CC(Nc1cc(N)ncn1)c1cnc2c(Cl)cc(F)cc2c1-c1ccccc1. The van der Waals surface area contributed by atoms with E-state index in [0.717, 1.165) is 16.7 Å². The summed E-state index contributed by atoms with van der Waals surface area (Å²) in [5, 5.41) is 4.24. The lowest BCUT2D eigenvalue weighted by atomic mass is 9.93. The number of nitrogen functional groups attached to an aromatic ring is 1. The Hall–Kier alpha value is -3.25. The largest absolute Gasteiger partial charge is 0.384 e. The van der Waals surface area contributed by atoms with Crippen LogP contribution in [0.5, 0.6) is 0 Å². The van der Waals surface area contributed by atoms with Crippen molar-refractivity contribution in [2.75, 3.05) is 11.1 Å². The number of hydrogen-bond acceptors (Lipinski definition) is 5. The summed E-state index contributed by atoms with van der Waals surface area (Å²) in [7, 11) is 0. The number of nitrogens with zero attached hydrogens (tertiary/aromatic N) is 3. The van der Waals surface area contributed by atoms with Gasteiger partial charge in [0.15, 0.2) is 0 Å². The number of hydrogen-bond donors (Lipinski definition) is 2. The highest BCUT2D eigenvalue weighted by Gasteiger charge is 2.18. The summed E-state index contributed by atoms with van der Waals surface area (Å²) in [4.78, 5) is 12.6. The molecule has 4 aromatic rings. The van der Waals surface area contributed by atoms with Crippen molar-refractivity contribution in [3.8, 4) is 11.1 Å². The van der Waals surface area contributed by atoms with Gasteiger partial charge in [-0.3, -0.25) is 4.98 Å². The molecule has 0 aliphatic rings. The molecule has 0 spiro atoms. The highest BCUT2D eigenvalue weighted by molar-refractivity contribution is 6.35. The van der Waals surface area contributed by atoms with Crippen LogP contribution in [0.4, 0.5) is 16.0 Å². The lowest BCUT2D eigenvalue weighted by Gasteiger charge is -2.20. The molecule has 4 rings (SSSR count). The minimum absolute atomic E-state index is 0.177. The molecule has 28 heavy (non-hydrogen) atoms. The summed E-state index contributed by atoms with van der Waals surface area (Å²) in [6.07, 6.45) is 3.16. The summed E-state index contributed by atoms with van der Waals surface area (Å²) in [6.45, 7) is 1.98. The van der Waals surface area contributed by atoms with Crippen molar-refractivity contribution in [3.05, 3.63) is 77.5 Å². The number of aromatic nitrogens is 3. The minimum Gasteiger partial charge on any atom is -0.384 e. The van der Waals surface area contributed by atoms with Crippen LogP contribution in [0.2, 0.25) is 5.02 Å². The van der Waals surface area contributed by atoms with E-state index in [2.05, 4.69) is 20.3 Å². The second-order valence-corrected chi connectivity index (χ2v) is 6.84. The number of nitrogens with two attached hydrogens (primary N) is 1. The van der Waals surface area contributed by atoms with Gasteiger partial charge in [-0.2, -0.15) is 0 Å². The van der Waals surface area contributed by atoms with E-state index in [1.165, 1.54) is 18.5 Å². The highest BCUT2D eigenvalue weighted by atomic mass is 35.5. The lowest BCUT2D eigenvalue weighted by molar-refractivity contribution is 0.629. The van der Waals surface area contributed by atoms with E-state index >= 15 is 0 Å². The monoisotopic (exact) mass is 393 g/mol. The predicted molar refractivity (Wildman–Crippen MR) is 111 cm³/mol. The van der Waals surface area contributed by atoms with Gasteiger partial charge in [0.1, 0.15) is 23.8 Å². The van der Waals surface area contributed by atoms with Crippen LogP contribution in [0.25, 0.3) is 22.0 Å². The summed E-state index contributed by atoms with van der Waals surface area (Å²) in [6, 6.07) is 14.0. The molecule has 140 valence electrons. The number of fused-ring (bicyclic) bond motifs is 1. The summed E-state index contributed by atoms with van der Waals surface area (Å²) in [5.41, 5.74) is 9.00. The van der Waals surface area contributed by atoms with Crippen molar-refractivity contribution >= 4 is 34.1 Å². The standard InChI is InChI=1S/C21H17ClFN5/c1-12(28-19-9-18(24)26-11-27-19)16-10-25-21-15(7-14(23)8-17(21)22)20(16)13-5-3-2-4-6-13/h2-12H,1H3,(H3,24,26,27,28). The van der Waals surface area contributed by atoms with E-state index in [-0.39, 0.29) is 11.1 Å². The van der Waals surface area contributed by atoms with E-state index < -0.39 is 5.82 Å². The van der Waals surface area contributed by atoms with Gasteiger partial charge in [-0.1, -0.05) is 41.9 Å². The molecule has 1 atom stereocenters. The molecule has 5 nitrogen and oxygen atoms in total. The summed E-state index contributed by atoms with van der Waals surface area (Å²) >= 11 is 6.25. The van der Waals surface area contributed by atoms with Gasteiger partial charge in [0.2, 0.25) is 0 Å². The molecule has 0 aliphatic carbocycles. The molecular formula is C21H17ClFN5. The Morgan fingerprint density at radius 1 is 1.07 bits per heavy atom. The van der Waals surface area contributed by atoms with Gasteiger partial charge in [0.25, 0.3) is 0 Å². The molecule has 0 bridgehead atoms. The molecular weight excluding hydrogens is 377 g/mol. The molecule has 0 radical (unpaired) electrons. The van der Waals surface area contributed by atoms with Gasteiger partial charge in [-0.25, -0.2) is 14.4 Å². The molecule has 0 saturated heterocycles. The van der Waals surface area contributed by atoms with Crippen LogP contribution in [0.15, 0.2) is 61.1 Å². The molecule has 2 aromatic heterocycles. The number of rotatable bonds is 4. The second-order valence-electron chi connectivity index (χ2n) is 6.43. The third-order valence-electron chi connectivity index (χ3n) is 4.50. The van der Waals surface area contributed by atoms with Crippen LogP contribution >= 0.6 is 11.6 Å². The molecule has 0 amide bonds. The fourth-order valence-electron chi connectivity index (χ4n) is 3.25. The molecule has 3 N–H and O–H groups in total. The van der Waals surface area contributed by atoms with Crippen molar-refractivity contribution in [2.45, 2.75) is 13.0 Å². The number of pyridine rings is 1. The summed E-state index contributed by atoms with van der Waals surface area (Å²) < 4.78 is 14.2. The molecule has 0 aliphatic heterocycles. The summed E-state index contributed by atoms with van der Waals surface area (Å²) in [5.74, 6) is 0.563. The fourth-order valence-corrected chi connectivity index (χ4v) is 3.50. The van der Waals surface area contributed by atoms with Gasteiger partial charge >= 0.3 is 0 Å². The number of benzene rings is 2. The molecule has 0 fully saturated rings. The maximum atomic E-state index is 14.2. The Morgan fingerprint density at radius 3 is 2.61 bits per heavy atom. The Kier molecular flexibility index (Phi) is 4.79. The molecule has 1 unspecified atom stereocenters. The normalized spacial score (nSPS) is 12.1. The zero-order valence-corrected chi connectivity index (χ0v) is 15.8. The first-order valence-corrected chi connectivity index (χ1v) is 9.08. The van der Waals surface area contributed by atoms with Crippen molar-refractivity contribution in [2.24, 2.45) is 0 Å². The van der Waals surface area contributed by atoms with Crippen LogP contribution in [0, 0.1) is 5.82 Å². The first kappa shape index (κ1) is 18.1. The van der Waals surface area contributed by atoms with Crippen molar-refractivity contribution in [3.63, 3.8) is 0 Å². The number of halogens is 2. The van der Waals surface area contributed by atoms with E-state index in [1.807, 2.05) is 37.3 Å². The smallest absolute Gasteiger partial charge is 0.131 e. The Balaban J connectivity index is 1.90. The van der Waals surface area contributed by atoms with Crippen molar-refractivity contribution in [1.29, 1.82) is 0 Å². The third-order valence-corrected chi connectivity index (χ3v) is 4.79. The van der Waals surface area contributed by atoms with E-state index in [0.29, 0.717) is 22.5 Å². The first-order valence-electron chi connectivity index (χ1n) is 8.70. The predicted octanol–water partition coefficient (Wildman–Crippen LogP) is 5.24. The van der Waals surface area contributed by atoms with Crippen LogP contribution in [-0.2, 0) is 0 Å². The van der Waals surface area contributed by atoms with Gasteiger partial charge in [0, 0.05) is 23.2 Å².